The molecule has 9 heteroatoms. The third-order valence-electron chi connectivity index (χ3n) is 2.45. The van der Waals surface area contributed by atoms with E-state index in [9.17, 15) is 18.7 Å². The number of hydrogen-bond acceptors (Lipinski definition) is 3. The number of phenols is 1. The van der Waals surface area contributed by atoms with Crippen molar-refractivity contribution >= 4 is 41.7 Å². The standard InChI is InChI=1S/C10H7Cl2F2NO3.ClH/c11-5-1-4(2-6(12)7(5)16)8-10(13,14)3-18-9(17)15-8;/h1-2,8,16H,3H2,(H,15,17);1H/t8-;/m0./s1. The van der Waals surface area contributed by atoms with Gasteiger partial charge in [-0.2, -0.15) is 0 Å². The van der Waals surface area contributed by atoms with E-state index in [0.717, 1.165) is 12.1 Å². The van der Waals surface area contributed by atoms with Gasteiger partial charge < -0.3 is 15.2 Å². The Morgan fingerprint density at radius 1 is 1.37 bits per heavy atom. The van der Waals surface area contributed by atoms with Gasteiger partial charge in [0.1, 0.15) is 6.04 Å². The molecule has 2 N–H and O–H groups in total. The highest BCUT2D eigenvalue weighted by atomic mass is 35.5. The first-order valence-corrected chi connectivity index (χ1v) is 5.56. The van der Waals surface area contributed by atoms with E-state index in [4.69, 9.17) is 23.2 Å². The summed E-state index contributed by atoms with van der Waals surface area (Å²) in [4.78, 5) is 11.0. The van der Waals surface area contributed by atoms with E-state index in [2.05, 4.69) is 4.74 Å². The molecule has 0 saturated carbocycles. The van der Waals surface area contributed by atoms with E-state index in [1.54, 1.807) is 0 Å². The van der Waals surface area contributed by atoms with Crippen molar-refractivity contribution in [1.82, 2.24) is 5.32 Å². The second-order valence-corrected chi connectivity index (χ2v) is 4.56. The van der Waals surface area contributed by atoms with Crippen molar-refractivity contribution in [2.75, 3.05) is 6.61 Å². The smallest absolute Gasteiger partial charge is 0.408 e. The fourth-order valence-electron chi connectivity index (χ4n) is 1.59. The molecule has 1 heterocycles. The van der Waals surface area contributed by atoms with Gasteiger partial charge in [0, 0.05) is 0 Å². The molecule has 1 aromatic rings. The molecule has 0 aromatic heterocycles. The first kappa shape index (κ1) is 16.1. The third kappa shape index (κ3) is 3.13. The van der Waals surface area contributed by atoms with Crippen LogP contribution in [0.1, 0.15) is 11.6 Å². The van der Waals surface area contributed by atoms with Crippen molar-refractivity contribution in [3.05, 3.63) is 27.7 Å². The van der Waals surface area contributed by atoms with Gasteiger partial charge in [-0.15, -0.1) is 12.4 Å². The summed E-state index contributed by atoms with van der Waals surface area (Å²) >= 11 is 11.3. The van der Waals surface area contributed by atoms with Gasteiger partial charge in [-0.25, -0.2) is 13.6 Å². The Morgan fingerprint density at radius 3 is 2.42 bits per heavy atom. The van der Waals surface area contributed by atoms with E-state index in [0.29, 0.717) is 0 Å². The molecule has 0 bridgehead atoms. The van der Waals surface area contributed by atoms with Crippen LogP contribution in [-0.4, -0.2) is 23.7 Å². The quantitative estimate of drug-likeness (QED) is 0.826. The van der Waals surface area contributed by atoms with Gasteiger partial charge in [0.25, 0.3) is 0 Å². The largest absolute Gasteiger partial charge is 0.505 e. The minimum absolute atomic E-state index is 0. The number of hydrogen-bond donors (Lipinski definition) is 2. The number of cyclic esters (lactones) is 1. The first-order chi connectivity index (χ1) is 8.31. The van der Waals surface area contributed by atoms with Crippen LogP contribution in [0.15, 0.2) is 12.1 Å². The molecule has 1 saturated heterocycles. The topological polar surface area (TPSA) is 58.6 Å². The second kappa shape index (κ2) is 5.56. The highest BCUT2D eigenvalue weighted by Gasteiger charge is 2.47. The Morgan fingerprint density at radius 2 is 1.89 bits per heavy atom. The molecule has 1 aliphatic heterocycles. The van der Waals surface area contributed by atoms with Crippen LogP contribution in [0.2, 0.25) is 10.0 Å². The first-order valence-electron chi connectivity index (χ1n) is 4.80. The number of carbonyl (C=O) groups is 1. The zero-order valence-electron chi connectivity index (χ0n) is 9.12. The Hall–Kier alpha value is -0.980. The number of rotatable bonds is 1. The Kier molecular flexibility index (Phi) is 4.71. The fraction of sp³-hybridized carbons (Fsp3) is 0.300. The molecule has 1 fully saturated rings. The van der Waals surface area contributed by atoms with Gasteiger partial charge in [0.15, 0.2) is 12.4 Å². The Balaban J connectivity index is 0.00000180. The molecular formula is C10H8Cl3F2NO3. The van der Waals surface area contributed by atoms with Gasteiger partial charge >= 0.3 is 12.0 Å². The SMILES string of the molecule is Cl.O=C1N[C@@H](c2cc(Cl)c(O)c(Cl)c2)C(F)(F)CO1. The summed E-state index contributed by atoms with van der Waals surface area (Å²) in [5, 5.41) is 11.0. The molecule has 4 nitrogen and oxygen atoms in total. The Labute approximate surface area is 123 Å². The maximum absolute atomic E-state index is 13.6. The number of benzene rings is 1. The summed E-state index contributed by atoms with van der Waals surface area (Å²) < 4.78 is 31.4. The number of alkyl carbamates (subject to hydrolysis) is 1. The molecule has 0 unspecified atom stereocenters. The number of halogens is 5. The maximum atomic E-state index is 13.6. The molecule has 0 radical (unpaired) electrons. The highest BCUT2D eigenvalue weighted by molar-refractivity contribution is 6.37. The molecule has 2 rings (SSSR count). The lowest BCUT2D eigenvalue weighted by Crippen LogP contribution is -2.49. The molecule has 19 heavy (non-hydrogen) atoms. The predicted molar refractivity (Wildman–Crippen MR) is 67.5 cm³/mol. The summed E-state index contributed by atoms with van der Waals surface area (Å²) in [6.07, 6.45) is -0.953. The number of alkyl halides is 2. The zero-order valence-corrected chi connectivity index (χ0v) is 11.5. The third-order valence-corrected chi connectivity index (χ3v) is 3.03. The van der Waals surface area contributed by atoms with Gasteiger partial charge in [0.2, 0.25) is 0 Å². The molecule has 0 spiro atoms. The van der Waals surface area contributed by atoms with Crippen LogP contribution in [0.5, 0.6) is 5.75 Å². The lowest BCUT2D eigenvalue weighted by atomic mass is 10.00. The number of ether oxygens (including phenoxy) is 1. The minimum atomic E-state index is -3.29. The summed E-state index contributed by atoms with van der Waals surface area (Å²) in [7, 11) is 0. The van der Waals surface area contributed by atoms with Crippen LogP contribution in [-0.2, 0) is 4.74 Å². The maximum Gasteiger partial charge on any atom is 0.408 e. The zero-order chi connectivity index (χ0) is 13.5. The van der Waals surface area contributed by atoms with E-state index in [1.807, 2.05) is 5.32 Å². The van der Waals surface area contributed by atoms with Crippen molar-refractivity contribution < 1.29 is 23.4 Å². The molecule has 1 amide bonds. The monoisotopic (exact) mass is 333 g/mol. The molecule has 1 atom stereocenters. The van der Waals surface area contributed by atoms with Crippen LogP contribution in [0, 0.1) is 0 Å². The van der Waals surface area contributed by atoms with Crippen molar-refractivity contribution in [2.45, 2.75) is 12.0 Å². The minimum Gasteiger partial charge on any atom is -0.505 e. The number of nitrogens with one attached hydrogen (secondary N) is 1. The summed E-state index contributed by atoms with van der Waals surface area (Å²) in [6, 6.07) is 0.634. The molecule has 0 aliphatic carbocycles. The average Bonchev–Trinajstić information content (AvgIpc) is 2.28. The number of phenolic OH excluding ortho intramolecular Hbond substituents is 1. The van der Waals surface area contributed by atoms with E-state index in [-0.39, 0.29) is 28.0 Å². The number of carbonyl (C=O) groups excluding carboxylic acids is 1. The van der Waals surface area contributed by atoms with Crippen LogP contribution in [0.3, 0.4) is 0 Å². The second-order valence-electron chi connectivity index (χ2n) is 3.75. The molecular weight excluding hydrogens is 326 g/mol. The van der Waals surface area contributed by atoms with E-state index in [1.165, 1.54) is 0 Å². The van der Waals surface area contributed by atoms with Crippen molar-refractivity contribution in [1.29, 1.82) is 0 Å². The van der Waals surface area contributed by atoms with Gasteiger partial charge in [-0.1, -0.05) is 23.2 Å². The van der Waals surface area contributed by atoms with Gasteiger partial charge in [-0.05, 0) is 17.7 Å². The predicted octanol–water partition coefficient (Wildman–Crippen LogP) is 3.54. The lowest BCUT2D eigenvalue weighted by Gasteiger charge is -2.32. The van der Waals surface area contributed by atoms with E-state index < -0.39 is 30.4 Å². The van der Waals surface area contributed by atoms with Crippen molar-refractivity contribution in [3.8, 4) is 5.75 Å². The number of amides is 1. The molecule has 106 valence electrons. The van der Waals surface area contributed by atoms with Crippen molar-refractivity contribution in [3.63, 3.8) is 0 Å². The van der Waals surface area contributed by atoms with Crippen LogP contribution < -0.4 is 5.32 Å². The summed E-state index contributed by atoms with van der Waals surface area (Å²) in [5.74, 6) is -3.69. The Bertz CT molecular complexity index is 490. The van der Waals surface area contributed by atoms with Crippen LogP contribution in [0.4, 0.5) is 13.6 Å². The fourth-order valence-corrected chi connectivity index (χ4v) is 2.09. The summed E-state index contributed by atoms with van der Waals surface area (Å²) in [5.41, 5.74) is -0.00977. The molecule has 1 aromatic carbocycles. The van der Waals surface area contributed by atoms with Crippen molar-refractivity contribution in [2.24, 2.45) is 0 Å². The normalized spacial score (nSPS) is 21.1. The van der Waals surface area contributed by atoms with Crippen LogP contribution >= 0.6 is 35.6 Å². The molecule has 1 aliphatic rings. The summed E-state index contributed by atoms with van der Waals surface area (Å²) in [6.45, 7) is -1.03. The van der Waals surface area contributed by atoms with Gasteiger partial charge in [0.05, 0.1) is 10.0 Å². The van der Waals surface area contributed by atoms with Crippen LogP contribution in [0.25, 0.3) is 0 Å². The average molecular weight is 335 g/mol. The van der Waals surface area contributed by atoms with E-state index >= 15 is 0 Å². The number of aromatic hydroxyl groups is 1. The van der Waals surface area contributed by atoms with Gasteiger partial charge in [-0.3, -0.25) is 0 Å². The highest BCUT2D eigenvalue weighted by Crippen LogP contribution is 2.40. The lowest BCUT2D eigenvalue weighted by molar-refractivity contribution is -0.104.